The molecule has 106 valence electrons. The highest BCUT2D eigenvalue weighted by atomic mass is 19.1. The van der Waals surface area contributed by atoms with Gasteiger partial charge in [-0.05, 0) is 31.0 Å². The number of nitrogens with two attached hydrogens (primary N) is 2. The van der Waals surface area contributed by atoms with Gasteiger partial charge in [0.15, 0.2) is 0 Å². The van der Waals surface area contributed by atoms with E-state index in [1.807, 2.05) is 6.20 Å². The summed E-state index contributed by atoms with van der Waals surface area (Å²) in [5, 5.41) is 0.702. The lowest BCUT2D eigenvalue weighted by atomic mass is 10.1. The number of halogens is 1. The van der Waals surface area contributed by atoms with Crippen molar-refractivity contribution in [3.63, 3.8) is 0 Å². The first kappa shape index (κ1) is 12.1. The van der Waals surface area contributed by atoms with Gasteiger partial charge in [-0.1, -0.05) is 0 Å². The monoisotopic (exact) mass is 283 g/mol. The van der Waals surface area contributed by atoms with Gasteiger partial charge in [-0.2, -0.15) is 0 Å². The molecule has 0 bridgehead atoms. The summed E-state index contributed by atoms with van der Waals surface area (Å²) in [7, 11) is 0. The Bertz CT molecular complexity index is 851. The normalized spacial score (nSPS) is 14.7. The maximum absolute atomic E-state index is 14.3. The molecule has 1 fully saturated rings. The fourth-order valence-corrected chi connectivity index (χ4v) is 2.69. The molecule has 1 aromatic carbocycles. The second kappa shape index (κ2) is 4.18. The van der Waals surface area contributed by atoms with E-state index in [1.54, 1.807) is 12.1 Å². The van der Waals surface area contributed by atoms with E-state index in [0.717, 1.165) is 18.5 Å². The van der Waals surface area contributed by atoms with E-state index in [2.05, 4.69) is 14.5 Å². The Morgan fingerprint density at radius 1 is 1.14 bits per heavy atom. The number of aromatic nitrogens is 3. The summed E-state index contributed by atoms with van der Waals surface area (Å²) >= 11 is 0. The summed E-state index contributed by atoms with van der Waals surface area (Å²) < 4.78 is 16.3. The molecular formula is C15H14FN5. The molecule has 1 aliphatic rings. The largest absolute Gasteiger partial charge is 0.399 e. The van der Waals surface area contributed by atoms with Crippen molar-refractivity contribution >= 4 is 22.5 Å². The Morgan fingerprint density at radius 3 is 2.67 bits per heavy atom. The zero-order valence-electron chi connectivity index (χ0n) is 11.3. The number of hydrogen-bond acceptors (Lipinski definition) is 4. The molecule has 0 saturated heterocycles. The molecule has 4 rings (SSSR count). The molecule has 1 saturated carbocycles. The van der Waals surface area contributed by atoms with E-state index in [1.165, 1.54) is 12.4 Å². The first-order valence-electron chi connectivity index (χ1n) is 6.81. The van der Waals surface area contributed by atoms with Crippen molar-refractivity contribution in [1.82, 2.24) is 14.5 Å². The molecule has 0 spiro atoms. The lowest BCUT2D eigenvalue weighted by Crippen LogP contribution is -1.96. The smallest absolute Gasteiger partial charge is 0.146 e. The first-order valence-corrected chi connectivity index (χ1v) is 6.81. The second-order valence-electron chi connectivity index (χ2n) is 5.38. The molecule has 0 atom stereocenters. The van der Waals surface area contributed by atoms with Crippen molar-refractivity contribution in [3.05, 3.63) is 36.5 Å². The van der Waals surface area contributed by atoms with Crippen LogP contribution in [0.5, 0.6) is 0 Å². The maximum Gasteiger partial charge on any atom is 0.146 e. The molecule has 2 heterocycles. The van der Waals surface area contributed by atoms with E-state index in [0.29, 0.717) is 34.1 Å². The van der Waals surface area contributed by atoms with E-state index in [9.17, 15) is 4.39 Å². The minimum absolute atomic E-state index is 0.366. The van der Waals surface area contributed by atoms with Gasteiger partial charge in [0.05, 0.1) is 5.39 Å². The van der Waals surface area contributed by atoms with Crippen LogP contribution >= 0.6 is 0 Å². The van der Waals surface area contributed by atoms with Gasteiger partial charge in [0.1, 0.15) is 23.6 Å². The Kier molecular flexibility index (Phi) is 2.42. The van der Waals surface area contributed by atoms with E-state index in [-0.39, 0.29) is 5.82 Å². The fraction of sp³-hybridized carbons (Fsp3) is 0.200. The van der Waals surface area contributed by atoms with Gasteiger partial charge < -0.3 is 16.0 Å². The molecule has 0 amide bonds. The highest BCUT2D eigenvalue weighted by Crippen LogP contribution is 2.42. The zero-order chi connectivity index (χ0) is 14.6. The van der Waals surface area contributed by atoms with Crippen LogP contribution in [0, 0.1) is 5.82 Å². The number of anilines is 2. The Morgan fingerprint density at radius 2 is 1.95 bits per heavy atom. The van der Waals surface area contributed by atoms with E-state index >= 15 is 0 Å². The summed E-state index contributed by atoms with van der Waals surface area (Å²) in [4.78, 5) is 8.36. The molecule has 6 heteroatoms. The predicted molar refractivity (Wildman–Crippen MR) is 80.0 cm³/mol. The molecule has 5 nitrogen and oxygen atoms in total. The van der Waals surface area contributed by atoms with Crippen LogP contribution in [0.4, 0.5) is 15.9 Å². The van der Waals surface area contributed by atoms with Gasteiger partial charge in [-0.25, -0.2) is 14.4 Å². The molecule has 0 aliphatic heterocycles. The Balaban J connectivity index is 2.04. The van der Waals surface area contributed by atoms with Crippen molar-refractivity contribution < 1.29 is 4.39 Å². The minimum atomic E-state index is -0.367. The average molecular weight is 283 g/mol. The second-order valence-corrected chi connectivity index (χ2v) is 5.38. The average Bonchev–Trinajstić information content (AvgIpc) is 3.21. The van der Waals surface area contributed by atoms with Crippen LogP contribution in [-0.4, -0.2) is 14.5 Å². The molecule has 21 heavy (non-hydrogen) atoms. The van der Waals surface area contributed by atoms with Crippen LogP contribution in [0.25, 0.3) is 22.2 Å². The molecule has 1 aliphatic carbocycles. The third-order valence-corrected chi connectivity index (χ3v) is 3.86. The highest BCUT2D eigenvalue weighted by Gasteiger charge is 2.28. The van der Waals surface area contributed by atoms with Gasteiger partial charge in [-0.15, -0.1) is 0 Å². The quantitative estimate of drug-likeness (QED) is 0.708. The predicted octanol–water partition coefficient (Wildman–Crippen LogP) is 2.74. The van der Waals surface area contributed by atoms with Gasteiger partial charge in [0, 0.05) is 29.1 Å². The molecule has 3 aromatic rings. The SMILES string of the molecule is Nc1ccc(-c2cn(C3CC3)c3ncnc(N)c23)c(F)c1. The molecular weight excluding hydrogens is 269 g/mol. The first-order chi connectivity index (χ1) is 10.1. The number of rotatable bonds is 2. The van der Waals surface area contributed by atoms with Crippen molar-refractivity contribution in [2.75, 3.05) is 11.5 Å². The van der Waals surface area contributed by atoms with E-state index in [4.69, 9.17) is 11.5 Å². The van der Waals surface area contributed by atoms with Gasteiger partial charge >= 0.3 is 0 Å². The standard InChI is InChI=1S/C15H14FN5/c16-12-5-8(17)1-4-10(12)11-6-21(9-2-3-9)15-13(11)14(18)19-7-20-15/h1,4-7,9H,2-3,17H2,(H2,18,19,20). The van der Waals surface area contributed by atoms with Crippen LogP contribution in [0.15, 0.2) is 30.7 Å². The van der Waals surface area contributed by atoms with Crippen LogP contribution < -0.4 is 11.5 Å². The van der Waals surface area contributed by atoms with Crippen LogP contribution in [0.3, 0.4) is 0 Å². The summed E-state index contributed by atoms with van der Waals surface area (Å²) in [5.41, 5.74) is 14.0. The van der Waals surface area contributed by atoms with Gasteiger partial charge in [0.2, 0.25) is 0 Å². The summed E-state index contributed by atoms with van der Waals surface area (Å²) in [6.45, 7) is 0. The summed E-state index contributed by atoms with van der Waals surface area (Å²) in [6, 6.07) is 5.09. The van der Waals surface area contributed by atoms with Crippen LogP contribution in [0.1, 0.15) is 18.9 Å². The Labute approximate surface area is 120 Å². The summed E-state index contributed by atoms with van der Waals surface area (Å²) in [5.74, 6) is -0.00118. The van der Waals surface area contributed by atoms with Gasteiger partial charge in [0.25, 0.3) is 0 Å². The lowest BCUT2D eigenvalue weighted by Gasteiger charge is -2.03. The number of nitrogens with zero attached hydrogens (tertiary/aromatic N) is 3. The highest BCUT2D eigenvalue weighted by molar-refractivity contribution is 6.00. The van der Waals surface area contributed by atoms with Gasteiger partial charge in [-0.3, -0.25) is 0 Å². The van der Waals surface area contributed by atoms with E-state index < -0.39 is 0 Å². The molecule has 0 unspecified atom stereocenters. The van der Waals surface area contributed by atoms with Crippen molar-refractivity contribution in [2.45, 2.75) is 18.9 Å². The molecule has 2 aromatic heterocycles. The number of hydrogen-bond donors (Lipinski definition) is 2. The lowest BCUT2D eigenvalue weighted by molar-refractivity contribution is 0.632. The fourth-order valence-electron chi connectivity index (χ4n) is 2.69. The topological polar surface area (TPSA) is 82.8 Å². The molecule has 0 radical (unpaired) electrons. The Hall–Kier alpha value is -2.63. The number of fused-ring (bicyclic) bond motifs is 1. The van der Waals surface area contributed by atoms with Crippen molar-refractivity contribution in [3.8, 4) is 11.1 Å². The van der Waals surface area contributed by atoms with Crippen LogP contribution in [-0.2, 0) is 0 Å². The van der Waals surface area contributed by atoms with Crippen molar-refractivity contribution in [1.29, 1.82) is 0 Å². The maximum atomic E-state index is 14.3. The third-order valence-electron chi connectivity index (χ3n) is 3.86. The van der Waals surface area contributed by atoms with Crippen LogP contribution in [0.2, 0.25) is 0 Å². The number of nitrogen functional groups attached to an aromatic ring is 2. The minimum Gasteiger partial charge on any atom is -0.399 e. The van der Waals surface area contributed by atoms with Crippen molar-refractivity contribution in [2.24, 2.45) is 0 Å². The third kappa shape index (κ3) is 1.83. The summed E-state index contributed by atoms with van der Waals surface area (Å²) in [6.07, 6.45) is 5.58. The molecule has 4 N–H and O–H groups in total. The zero-order valence-corrected chi connectivity index (χ0v) is 11.3. The number of benzene rings is 1.